The molecule has 20 heavy (non-hydrogen) atoms. The second kappa shape index (κ2) is 4.62. The zero-order chi connectivity index (χ0) is 14.3. The first-order chi connectivity index (χ1) is 9.56. The second-order valence-corrected chi connectivity index (χ2v) is 5.88. The number of rotatable bonds is 2. The molecule has 3 rings (SSSR count). The molecule has 4 nitrogen and oxygen atoms in total. The lowest BCUT2D eigenvalue weighted by Gasteiger charge is -2.35. The summed E-state index contributed by atoms with van der Waals surface area (Å²) in [4.78, 5) is 25.5. The van der Waals surface area contributed by atoms with Gasteiger partial charge in [0.1, 0.15) is 0 Å². The van der Waals surface area contributed by atoms with Crippen LogP contribution in [-0.4, -0.2) is 24.0 Å². The molecule has 0 aromatic heterocycles. The lowest BCUT2D eigenvalue weighted by Crippen LogP contribution is -2.38. The van der Waals surface area contributed by atoms with Crippen LogP contribution >= 0.6 is 0 Å². The highest BCUT2D eigenvalue weighted by Gasteiger charge is 2.44. The molecule has 0 radical (unpaired) electrons. The molecule has 0 bridgehead atoms. The number of aliphatic carboxylic acids is 1. The zero-order valence-electron chi connectivity index (χ0n) is 11.7. The number of carbonyl (C=O) groups excluding carboxylic acids is 1. The number of hydrogen-bond donors (Lipinski definition) is 1. The van der Waals surface area contributed by atoms with Crippen LogP contribution in [0.3, 0.4) is 0 Å². The summed E-state index contributed by atoms with van der Waals surface area (Å²) in [6.45, 7) is 0. The van der Waals surface area contributed by atoms with Crippen molar-refractivity contribution in [1.82, 2.24) is 0 Å². The van der Waals surface area contributed by atoms with Crippen LogP contribution in [0.2, 0.25) is 0 Å². The van der Waals surface area contributed by atoms with Gasteiger partial charge in [-0.25, -0.2) is 0 Å². The van der Waals surface area contributed by atoms with Crippen LogP contribution in [0, 0.1) is 0 Å². The molecule has 1 saturated carbocycles. The molecular formula is C16H19NO3. The van der Waals surface area contributed by atoms with Crippen LogP contribution in [0.4, 0.5) is 5.69 Å². The standard InChI is InChI=1S/C16H19NO3/c1-17-13-7-5-6-12(11(13)10-14(17)18)16(15(19)20)8-3-2-4-9-16/h5-7H,2-4,8-10H2,1H3,(H,19,20). The first-order valence-corrected chi connectivity index (χ1v) is 7.18. The van der Waals surface area contributed by atoms with Crippen LogP contribution in [0.5, 0.6) is 0 Å². The van der Waals surface area contributed by atoms with E-state index in [0.29, 0.717) is 19.3 Å². The molecule has 1 aromatic carbocycles. The van der Waals surface area contributed by atoms with E-state index in [1.54, 1.807) is 11.9 Å². The summed E-state index contributed by atoms with van der Waals surface area (Å²) < 4.78 is 0. The third-order valence-corrected chi connectivity index (χ3v) is 4.85. The molecule has 1 aliphatic heterocycles. The summed E-state index contributed by atoms with van der Waals surface area (Å²) in [5.41, 5.74) is 1.86. The number of carbonyl (C=O) groups is 2. The number of fused-ring (bicyclic) bond motifs is 1. The summed E-state index contributed by atoms with van der Waals surface area (Å²) in [6.07, 6.45) is 4.67. The summed E-state index contributed by atoms with van der Waals surface area (Å²) in [7, 11) is 1.76. The Morgan fingerprint density at radius 1 is 1.25 bits per heavy atom. The fourth-order valence-electron chi connectivity index (χ4n) is 3.68. The molecule has 1 fully saturated rings. The van der Waals surface area contributed by atoms with Gasteiger partial charge in [-0.05, 0) is 30.0 Å². The van der Waals surface area contributed by atoms with Crippen molar-refractivity contribution in [3.05, 3.63) is 29.3 Å². The van der Waals surface area contributed by atoms with Crippen molar-refractivity contribution >= 4 is 17.6 Å². The summed E-state index contributed by atoms with van der Waals surface area (Å²) >= 11 is 0. The molecule has 2 aliphatic rings. The fraction of sp³-hybridized carbons (Fsp3) is 0.500. The zero-order valence-corrected chi connectivity index (χ0v) is 11.7. The van der Waals surface area contributed by atoms with Crippen molar-refractivity contribution in [2.45, 2.75) is 43.9 Å². The van der Waals surface area contributed by atoms with E-state index in [0.717, 1.165) is 36.1 Å². The summed E-state index contributed by atoms with van der Waals surface area (Å²) in [6, 6.07) is 5.69. The third kappa shape index (κ3) is 1.74. The minimum Gasteiger partial charge on any atom is -0.481 e. The van der Waals surface area contributed by atoms with Crippen molar-refractivity contribution in [1.29, 1.82) is 0 Å². The van der Waals surface area contributed by atoms with E-state index in [1.165, 1.54) is 0 Å². The van der Waals surface area contributed by atoms with Gasteiger partial charge >= 0.3 is 5.97 Å². The largest absolute Gasteiger partial charge is 0.481 e. The Labute approximate surface area is 118 Å². The molecule has 0 saturated heterocycles. The molecule has 0 unspecified atom stereocenters. The predicted octanol–water partition coefficient (Wildman–Crippen LogP) is 2.49. The molecule has 0 spiro atoms. The van der Waals surface area contributed by atoms with Crippen molar-refractivity contribution < 1.29 is 14.7 Å². The van der Waals surface area contributed by atoms with Gasteiger partial charge in [0.05, 0.1) is 11.8 Å². The van der Waals surface area contributed by atoms with Crippen LogP contribution < -0.4 is 4.90 Å². The minimum absolute atomic E-state index is 0.0452. The van der Waals surface area contributed by atoms with E-state index in [9.17, 15) is 14.7 Å². The smallest absolute Gasteiger partial charge is 0.314 e. The number of benzene rings is 1. The monoisotopic (exact) mass is 273 g/mol. The summed E-state index contributed by atoms with van der Waals surface area (Å²) in [5, 5.41) is 9.81. The highest BCUT2D eigenvalue weighted by Crippen LogP contribution is 2.44. The first-order valence-electron chi connectivity index (χ1n) is 7.18. The molecule has 1 aliphatic carbocycles. The number of nitrogens with zero attached hydrogens (tertiary/aromatic N) is 1. The number of amides is 1. The Balaban J connectivity index is 2.15. The van der Waals surface area contributed by atoms with Crippen LogP contribution in [0.15, 0.2) is 18.2 Å². The summed E-state index contributed by atoms with van der Waals surface area (Å²) in [5.74, 6) is -0.698. The Morgan fingerprint density at radius 3 is 2.60 bits per heavy atom. The Morgan fingerprint density at radius 2 is 1.95 bits per heavy atom. The SMILES string of the molecule is CN1C(=O)Cc2c1cccc2C1(C(=O)O)CCCCC1. The number of carboxylic acid groups (broad SMARTS) is 1. The maximum atomic E-state index is 11.9. The molecule has 1 amide bonds. The molecule has 1 heterocycles. The van der Waals surface area contributed by atoms with Crippen molar-refractivity contribution in [2.24, 2.45) is 0 Å². The average Bonchev–Trinajstić information content (AvgIpc) is 2.75. The van der Waals surface area contributed by atoms with E-state index in [2.05, 4.69) is 0 Å². The molecular weight excluding hydrogens is 254 g/mol. The van der Waals surface area contributed by atoms with Crippen molar-refractivity contribution in [2.75, 3.05) is 11.9 Å². The molecule has 4 heteroatoms. The third-order valence-electron chi connectivity index (χ3n) is 4.85. The lowest BCUT2D eigenvalue weighted by molar-refractivity contribution is -0.145. The van der Waals surface area contributed by atoms with Gasteiger partial charge in [-0.2, -0.15) is 0 Å². The Kier molecular flexibility index (Phi) is 3.04. The molecule has 0 atom stereocenters. The van der Waals surface area contributed by atoms with Gasteiger partial charge < -0.3 is 10.0 Å². The van der Waals surface area contributed by atoms with Gasteiger partial charge in [0.15, 0.2) is 0 Å². The van der Waals surface area contributed by atoms with E-state index in [1.807, 2.05) is 18.2 Å². The van der Waals surface area contributed by atoms with Crippen LogP contribution in [0.25, 0.3) is 0 Å². The number of anilines is 1. The average molecular weight is 273 g/mol. The van der Waals surface area contributed by atoms with Crippen molar-refractivity contribution in [3.63, 3.8) is 0 Å². The van der Waals surface area contributed by atoms with Gasteiger partial charge in [-0.15, -0.1) is 0 Å². The fourth-order valence-corrected chi connectivity index (χ4v) is 3.68. The molecule has 1 aromatic rings. The maximum Gasteiger partial charge on any atom is 0.314 e. The van der Waals surface area contributed by atoms with Crippen LogP contribution in [0.1, 0.15) is 43.2 Å². The Bertz CT molecular complexity index is 573. The first kappa shape index (κ1) is 13.2. The van der Waals surface area contributed by atoms with Gasteiger partial charge in [0.25, 0.3) is 0 Å². The number of carboxylic acids is 1. The second-order valence-electron chi connectivity index (χ2n) is 5.88. The highest BCUT2D eigenvalue weighted by atomic mass is 16.4. The molecule has 1 N–H and O–H groups in total. The lowest BCUT2D eigenvalue weighted by atomic mass is 9.68. The van der Waals surface area contributed by atoms with Crippen molar-refractivity contribution in [3.8, 4) is 0 Å². The highest BCUT2D eigenvalue weighted by molar-refractivity contribution is 6.02. The maximum absolute atomic E-state index is 11.9. The van der Waals surface area contributed by atoms with Gasteiger partial charge in [0.2, 0.25) is 5.91 Å². The minimum atomic E-state index is -0.797. The van der Waals surface area contributed by atoms with Gasteiger partial charge in [-0.3, -0.25) is 9.59 Å². The van der Waals surface area contributed by atoms with E-state index >= 15 is 0 Å². The molecule has 106 valence electrons. The van der Waals surface area contributed by atoms with Gasteiger partial charge in [-0.1, -0.05) is 31.4 Å². The quantitative estimate of drug-likeness (QED) is 0.900. The Hall–Kier alpha value is -1.84. The number of likely N-dealkylation sites (N-methyl/N-ethyl adjacent to an activating group) is 1. The van der Waals surface area contributed by atoms with E-state index in [-0.39, 0.29) is 5.91 Å². The van der Waals surface area contributed by atoms with Gasteiger partial charge in [0, 0.05) is 12.7 Å². The topological polar surface area (TPSA) is 57.6 Å². The normalized spacial score (nSPS) is 20.9. The predicted molar refractivity (Wildman–Crippen MR) is 76.0 cm³/mol. The van der Waals surface area contributed by atoms with Crippen LogP contribution in [-0.2, 0) is 21.4 Å². The number of hydrogen-bond acceptors (Lipinski definition) is 2. The van der Waals surface area contributed by atoms with E-state index in [4.69, 9.17) is 0 Å². The van der Waals surface area contributed by atoms with E-state index < -0.39 is 11.4 Å².